The molecule has 3 aromatic heterocycles. The van der Waals surface area contributed by atoms with Crippen molar-refractivity contribution in [1.29, 1.82) is 0 Å². The number of aromatic nitrogens is 6. The third-order valence-corrected chi connectivity index (χ3v) is 13.6. The first-order chi connectivity index (χ1) is 49.1. The molecule has 0 aliphatic carbocycles. The third kappa shape index (κ3) is 28.9. The van der Waals surface area contributed by atoms with Crippen LogP contribution in [0.2, 0.25) is 0 Å². The number of non-ortho nitro benzene ring substituents is 4. The highest BCUT2D eigenvalue weighted by atomic mass is 19.4. The van der Waals surface area contributed by atoms with Crippen molar-refractivity contribution < 1.29 is 76.6 Å². The topological polar surface area (TPSA) is 451 Å². The largest absolute Gasteiger partial charge is 0.478 e. The highest BCUT2D eigenvalue weighted by Crippen LogP contribution is 2.33. The average Bonchev–Trinajstić information content (AvgIpc) is 1.28. The number of amides is 1. The summed E-state index contributed by atoms with van der Waals surface area (Å²) >= 11 is 0. The smallest absolute Gasteiger partial charge is 0.416 e. The number of carbonyl (C=O) groups is 4. The predicted octanol–water partition coefficient (Wildman–Crippen LogP) is 15.4. The van der Waals surface area contributed by atoms with Crippen molar-refractivity contribution in [2.24, 2.45) is 5.84 Å². The van der Waals surface area contributed by atoms with Gasteiger partial charge < -0.3 is 28.8 Å². The van der Waals surface area contributed by atoms with Gasteiger partial charge in [0.05, 0.1) is 43.0 Å². The molecule has 103 heavy (non-hydrogen) atoms. The summed E-state index contributed by atoms with van der Waals surface area (Å²) < 4.78 is 60.3. The van der Waals surface area contributed by atoms with Crippen LogP contribution >= 0.6 is 0 Å². The summed E-state index contributed by atoms with van der Waals surface area (Å²) in [6, 6.07) is 40.7. The number of nitro groups is 4. The van der Waals surface area contributed by atoms with Crippen molar-refractivity contribution >= 4 is 52.1 Å². The molecular formula is C70H76F3N13O17. The Morgan fingerprint density at radius 3 is 1.28 bits per heavy atom. The fourth-order valence-corrected chi connectivity index (χ4v) is 8.06. The van der Waals surface area contributed by atoms with E-state index in [0.717, 1.165) is 73.5 Å². The molecule has 0 unspecified atom stereocenters. The van der Waals surface area contributed by atoms with E-state index in [-0.39, 0.29) is 66.1 Å². The summed E-state index contributed by atoms with van der Waals surface area (Å²) in [7, 11) is 0. The quantitative estimate of drug-likeness (QED) is 0.0122. The second-order valence-electron chi connectivity index (χ2n) is 21.4. The number of carboxylic acids is 1. The zero-order chi connectivity index (χ0) is 76.0. The number of Topliss-reactive ketones (excluding diaryl/α,β-unsaturated/α-hetero) is 1. The van der Waals surface area contributed by atoms with Crippen molar-refractivity contribution in [3.8, 4) is 34.4 Å². The Labute approximate surface area is 588 Å². The summed E-state index contributed by atoms with van der Waals surface area (Å²) in [6.07, 6.45) is 3.74. The van der Waals surface area contributed by atoms with Crippen molar-refractivity contribution in [2.45, 2.75) is 112 Å². The maximum absolute atomic E-state index is 13.1. The van der Waals surface area contributed by atoms with Crippen LogP contribution in [-0.4, -0.2) is 85.6 Å². The number of nitrogens with two attached hydrogens (primary N) is 2. The number of halogens is 3. The van der Waals surface area contributed by atoms with E-state index >= 15 is 0 Å². The van der Waals surface area contributed by atoms with E-state index in [9.17, 15) is 72.8 Å². The molecule has 7 aromatic carbocycles. The number of benzene rings is 7. The van der Waals surface area contributed by atoms with Crippen LogP contribution in [0.3, 0.4) is 0 Å². The minimum absolute atomic E-state index is 0. The molecule has 0 fully saturated rings. The normalized spacial score (nSPS) is 10.2. The highest BCUT2D eigenvalue weighted by Gasteiger charge is 2.33. The molecule has 0 saturated carbocycles. The molecule has 0 radical (unpaired) electrons. The molecular weight excluding hydrogens is 1350 g/mol. The Morgan fingerprint density at radius 1 is 0.515 bits per heavy atom. The summed E-state index contributed by atoms with van der Waals surface area (Å²) in [5.41, 5.74) is 11.0. The Morgan fingerprint density at radius 2 is 0.903 bits per heavy atom. The minimum atomic E-state index is -4.47. The molecule has 0 bridgehead atoms. The molecule has 30 nitrogen and oxygen atoms in total. The third-order valence-electron chi connectivity index (χ3n) is 13.6. The number of hydrogen-bond acceptors (Lipinski definition) is 24. The van der Waals surface area contributed by atoms with E-state index in [0.29, 0.717) is 52.0 Å². The molecule has 0 atom stereocenters. The van der Waals surface area contributed by atoms with Gasteiger partial charge in [-0.2, -0.15) is 13.2 Å². The molecule has 544 valence electrons. The first-order valence-electron chi connectivity index (χ1n) is 31.6. The van der Waals surface area contributed by atoms with Crippen LogP contribution in [0.5, 0.6) is 0 Å². The number of anilines is 1. The van der Waals surface area contributed by atoms with Crippen LogP contribution in [0.1, 0.15) is 140 Å². The molecule has 0 aliphatic rings. The van der Waals surface area contributed by atoms with Gasteiger partial charge in [0.2, 0.25) is 35.3 Å². The number of nitrogens with zero attached hydrogens (tertiary/aromatic N) is 10. The number of esters is 1. The second kappa shape index (κ2) is 42.9. The standard InChI is InChI=1S/C22H21F3N2O2.C12H15N3O.C9H7N3O3.C9H9NO4.C7H7N3O3.C7H5NO4.C4H10.H2/c1-2-3-8-20-26-27-21(29-20)16-11-9-15(10-12-16)13-18(28)14-17-6-4-5-7-19(17)22(23,24)25;1-2-3-4-11-14-15-12(16-11)9-5-7-10(13)8-6-9;1-6-10-11-9(15-6)7-2-4-8(5-3-7)12(13)14;1-2-14-9(11)7-3-5-8(6-4-7)10(12)13;8-9-7(11)5-1-3-6(4-2-5)10(12)13;9-7(10)5-1-3-6(4-2-5)8(11)12;1-3-4-2;/h4-7,9-12H,2-3,8,13-14H2,1H3;5-8H,2-4,13H2,1H3;2-5H,1H3;3-6H,2H2,1H3;1-4H,8H2,(H,9,11);1-4H,(H,9,10);3-4H2,1-2H3;1H. The van der Waals surface area contributed by atoms with Crippen molar-refractivity contribution in [1.82, 2.24) is 36.0 Å². The van der Waals surface area contributed by atoms with Crippen LogP contribution in [0.15, 0.2) is 183 Å². The fourth-order valence-electron chi connectivity index (χ4n) is 8.06. The minimum Gasteiger partial charge on any atom is -0.478 e. The van der Waals surface area contributed by atoms with Gasteiger partial charge in [0, 0.05) is 111 Å². The number of aryl methyl sites for hydroxylation is 3. The molecule has 3 heterocycles. The monoisotopic (exact) mass is 1430 g/mol. The summed E-state index contributed by atoms with van der Waals surface area (Å²) in [5.74, 6) is 5.63. The van der Waals surface area contributed by atoms with Crippen LogP contribution in [0.4, 0.5) is 41.6 Å². The van der Waals surface area contributed by atoms with E-state index < -0.39 is 49.3 Å². The van der Waals surface area contributed by atoms with Gasteiger partial charge >= 0.3 is 18.1 Å². The van der Waals surface area contributed by atoms with Crippen molar-refractivity contribution in [3.63, 3.8) is 0 Å². The number of nitrogen functional groups attached to an aromatic ring is 2. The number of nitro benzene ring substituents is 4. The maximum Gasteiger partial charge on any atom is 0.416 e. The molecule has 33 heteroatoms. The number of rotatable bonds is 22. The number of carbonyl (C=O) groups excluding carboxylic acids is 3. The van der Waals surface area contributed by atoms with E-state index in [1.807, 2.05) is 29.7 Å². The molecule has 6 N–H and O–H groups in total. The summed E-state index contributed by atoms with van der Waals surface area (Å²) in [4.78, 5) is 83.6. The number of ether oxygens (including phenoxy) is 1. The van der Waals surface area contributed by atoms with E-state index in [4.69, 9.17) is 34.7 Å². The van der Waals surface area contributed by atoms with Crippen molar-refractivity contribution in [2.75, 3.05) is 12.3 Å². The first kappa shape index (κ1) is 82.6. The van der Waals surface area contributed by atoms with Crippen LogP contribution in [0, 0.1) is 47.4 Å². The van der Waals surface area contributed by atoms with E-state index in [2.05, 4.69) is 58.3 Å². The van der Waals surface area contributed by atoms with Gasteiger partial charge in [-0.3, -0.25) is 55.5 Å². The van der Waals surface area contributed by atoms with Crippen LogP contribution in [-0.2, 0) is 41.4 Å². The summed E-state index contributed by atoms with van der Waals surface area (Å²) in [6.45, 7) is 12.2. The molecule has 10 aromatic rings. The summed E-state index contributed by atoms with van der Waals surface area (Å²) in [5, 5.41) is 73.1. The van der Waals surface area contributed by atoms with Gasteiger partial charge in [-0.05, 0) is 122 Å². The fraction of sp³-hybridized carbons (Fsp3) is 0.257. The zero-order valence-corrected chi connectivity index (χ0v) is 56.7. The van der Waals surface area contributed by atoms with Gasteiger partial charge in [0.1, 0.15) is 5.78 Å². The number of alkyl halides is 3. The van der Waals surface area contributed by atoms with Gasteiger partial charge in [-0.1, -0.05) is 83.7 Å². The number of unbranched alkanes of at least 4 members (excludes halogenated alkanes) is 3. The zero-order valence-electron chi connectivity index (χ0n) is 56.7. The molecule has 0 saturated heterocycles. The molecule has 1 amide bonds. The number of nitrogens with one attached hydrogen (secondary N) is 1. The number of hydrogen-bond donors (Lipinski definition) is 4. The van der Waals surface area contributed by atoms with Gasteiger partial charge in [0.25, 0.3) is 28.7 Å². The van der Waals surface area contributed by atoms with Gasteiger partial charge in [0.15, 0.2) is 0 Å². The molecule has 10 rings (SSSR count). The van der Waals surface area contributed by atoms with Gasteiger partial charge in [-0.25, -0.2) is 15.4 Å². The lowest BCUT2D eigenvalue weighted by molar-refractivity contribution is -0.385. The van der Waals surface area contributed by atoms with E-state index in [1.165, 1.54) is 104 Å². The number of hydrazine groups is 1. The number of ketones is 1. The lowest BCUT2D eigenvalue weighted by Crippen LogP contribution is -2.29. The molecule has 0 aliphatic heterocycles. The average molecular weight is 1430 g/mol. The van der Waals surface area contributed by atoms with Crippen molar-refractivity contribution in [3.05, 3.63) is 261 Å². The lowest BCUT2D eigenvalue weighted by Gasteiger charge is -2.12. The Bertz CT molecular complexity index is 4300. The maximum atomic E-state index is 13.1. The van der Waals surface area contributed by atoms with Crippen LogP contribution < -0.4 is 17.0 Å². The lowest BCUT2D eigenvalue weighted by atomic mass is 9.98. The van der Waals surface area contributed by atoms with Crippen LogP contribution in [0.25, 0.3) is 34.4 Å². The predicted molar refractivity (Wildman–Crippen MR) is 373 cm³/mol. The Hall–Kier alpha value is -12.8. The SMILES string of the molecule is CCCC.CCCCc1nnc(-c2ccc(CC(=O)Cc3ccccc3C(F)(F)F)cc2)o1.CCCCc1nnc(-c2ccc(N)cc2)o1.CCOC(=O)c1ccc([N+](=O)[O-])cc1.Cc1nnc(-c2ccc([N+](=O)[O-])cc2)o1.NNC(=O)c1ccc([N+](=O)[O-])cc1.O=C(O)c1ccc([N+](=O)[O-])cc1.[HH]. The number of aromatic carboxylic acids is 1. The second-order valence-corrected chi connectivity index (χ2v) is 21.4. The molecule has 0 spiro atoms. The first-order valence-corrected chi connectivity index (χ1v) is 31.6. The highest BCUT2D eigenvalue weighted by molar-refractivity contribution is 5.94. The Balaban J connectivity index is 0.000000330. The number of carboxylic acid groups (broad SMARTS) is 1. The van der Waals surface area contributed by atoms with Gasteiger partial charge in [-0.15, -0.1) is 30.6 Å². The Kier molecular flexibility index (Phi) is 34.4. The van der Waals surface area contributed by atoms with E-state index in [1.54, 1.807) is 50.2 Å².